The van der Waals surface area contributed by atoms with Crippen LogP contribution >= 0.6 is 0 Å². The topological polar surface area (TPSA) is 9.72 Å². The molecule has 2 heterocycles. The van der Waals surface area contributed by atoms with Crippen LogP contribution in [0.5, 0.6) is 0 Å². The Hall–Kier alpha value is -7.56. The number of rotatable bonds is 7. The van der Waals surface area contributed by atoms with Gasteiger partial charge in [0.05, 0.1) is 5.69 Å². The van der Waals surface area contributed by atoms with E-state index in [1.54, 1.807) is 0 Å². The van der Waals surface area contributed by atoms with E-state index in [1.165, 1.54) is 22.2 Å². The van der Waals surface area contributed by atoms with Gasteiger partial charge in [0.1, 0.15) is 0 Å². The molecule has 0 bridgehead atoms. The second-order valence-corrected chi connectivity index (χ2v) is 22.4. The minimum Gasteiger partial charge on any atom is -0.311 e. The lowest BCUT2D eigenvalue weighted by Gasteiger charge is -2.46. The Kier molecular flexibility index (Phi) is 9.60. The molecule has 12 rings (SSSR count). The Bertz CT molecular complexity index is 3600. The largest absolute Gasteiger partial charge is 0.311 e. The van der Waals surface area contributed by atoms with Crippen LogP contribution in [0.4, 0.5) is 51.2 Å². The second kappa shape index (κ2) is 16.5. The Morgan fingerprint density at radius 1 is 0.479 bits per heavy atom. The van der Waals surface area contributed by atoms with Crippen molar-refractivity contribution in [1.82, 2.24) is 0 Å². The smallest absolute Gasteiger partial charge is 0.252 e. The molecule has 4 heteroatoms. The fraction of sp³-hybridized carbons (Fsp3) is 0.194. The summed E-state index contributed by atoms with van der Waals surface area (Å²) in [7, 11) is 0. The zero-order valence-corrected chi connectivity index (χ0v) is 42.2. The highest BCUT2D eigenvalue weighted by Gasteiger charge is 2.48. The Morgan fingerprint density at radius 3 is 1.63 bits per heavy atom. The fourth-order valence-corrected chi connectivity index (χ4v) is 12.4. The molecule has 0 spiro atoms. The summed E-state index contributed by atoms with van der Waals surface area (Å²) in [6.07, 6.45) is 1.01. The van der Waals surface area contributed by atoms with Crippen molar-refractivity contribution >= 4 is 74.3 Å². The van der Waals surface area contributed by atoms with E-state index in [0.29, 0.717) is 5.56 Å². The summed E-state index contributed by atoms with van der Waals surface area (Å²) < 4.78 is 27.7. The molecule has 1 aliphatic carbocycles. The normalized spacial score (nSPS) is 15.7. The summed E-state index contributed by atoms with van der Waals surface area (Å²) in [5, 5.41) is 0. The van der Waals surface area contributed by atoms with Crippen molar-refractivity contribution in [3.63, 3.8) is 0 Å². The van der Waals surface area contributed by atoms with Gasteiger partial charge >= 0.3 is 0 Å². The number of nitrogens with zero attached hydrogens (tertiary/aromatic N) is 3. The Labute approximate surface area is 426 Å². The van der Waals surface area contributed by atoms with Crippen LogP contribution in [0.15, 0.2) is 200 Å². The van der Waals surface area contributed by atoms with Crippen LogP contribution < -0.4 is 31.1 Å². The molecule has 2 aliphatic heterocycles. The molecule has 9 aromatic rings. The molecule has 3 aliphatic rings. The van der Waals surface area contributed by atoms with Gasteiger partial charge in [0.2, 0.25) is 0 Å². The van der Waals surface area contributed by atoms with Gasteiger partial charge in [-0.1, -0.05) is 170 Å². The van der Waals surface area contributed by atoms with Crippen LogP contribution in [-0.2, 0) is 16.2 Å². The highest BCUT2D eigenvalue weighted by molar-refractivity contribution is 7.00. The standard InChI is InChI=1S/C67H62BN3/c1-44-36-62-64-63(37-44)71(60-38-48(31-30-45(60)2)46-22-14-10-15-23-46)61-42-55-54(66(6,7)43-67(55,8)9)41-57(61)68(64)56-40-52(69(50-26-18-12-19-27-50)51-28-20-13-21-29-51)33-35-59(56)70(62)58-34-32-49(65(3,4)5)39-53(58)47-24-16-11-17-25-47/h10-42H,43H2,1-9H3/i1D3. The molecule has 71 heavy (non-hydrogen) atoms. The van der Waals surface area contributed by atoms with Crippen molar-refractivity contribution in [2.24, 2.45) is 0 Å². The number of fused-ring (bicyclic) bond motifs is 5. The molecule has 0 unspecified atom stereocenters. The summed E-state index contributed by atoms with van der Waals surface area (Å²) in [5.41, 5.74) is 21.9. The van der Waals surface area contributed by atoms with Gasteiger partial charge in [-0.15, -0.1) is 0 Å². The third-order valence-corrected chi connectivity index (χ3v) is 15.6. The predicted octanol–water partition coefficient (Wildman–Crippen LogP) is 16.4. The molecule has 0 saturated heterocycles. The maximum Gasteiger partial charge on any atom is 0.252 e. The highest BCUT2D eigenvalue weighted by Crippen LogP contribution is 2.54. The molecule has 0 aromatic heterocycles. The van der Waals surface area contributed by atoms with E-state index < -0.39 is 6.85 Å². The first-order valence-corrected chi connectivity index (χ1v) is 25.3. The van der Waals surface area contributed by atoms with Gasteiger partial charge in [-0.25, -0.2) is 0 Å². The molecule has 3 nitrogen and oxygen atoms in total. The molecule has 348 valence electrons. The van der Waals surface area contributed by atoms with Crippen molar-refractivity contribution in [2.45, 2.75) is 84.9 Å². The van der Waals surface area contributed by atoms with Gasteiger partial charge < -0.3 is 14.7 Å². The summed E-state index contributed by atoms with van der Waals surface area (Å²) in [6.45, 7) is 15.9. The van der Waals surface area contributed by atoms with Crippen LogP contribution in [0, 0.1) is 13.8 Å². The number of anilines is 9. The summed E-state index contributed by atoms with van der Waals surface area (Å²) in [6, 6.07) is 72.1. The minimum atomic E-state index is -2.42. The second-order valence-electron chi connectivity index (χ2n) is 22.4. The van der Waals surface area contributed by atoms with Gasteiger partial charge in [-0.05, 0) is 176 Å². The van der Waals surface area contributed by atoms with E-state index in [-0.39, 0.29) is 23.0 Å². The number of hydrogen-bond acceptors (Lipinski definition) is 3. The number of benzene rings is 9. The monoisotopic (exact) mass is 923 g/mol. The van der Waals surface area contributed by atoms with Gasteiger partial charge in [0.15, 0.2) is 0 Å². The fourth-order valence-electron chi connectivity index (χ4n) is 12.4. The molecule has 0 amide bonds. The minimum absolute atomic E-state index is 0.0851. The van der Waals surface area contributed by atoms with Crippen molar-refractivity contribution < 1.29 is 4.11 Å². The van der Waals surface area contributed by atoms with Gasteiger partial charge in [-0.2, -0.15) is 0 Å². The molecule has 9 aromatic carbocycles. The first kappa shape index (κ1) is 41.2. The molecule has 0 N–H and O–H groups in total. The molecule has 0 atom stereocenters. The SMILES string of the molecule is [2H]C([2H])([2H])c1cc2c3c(c1)N(c1ccc(C(C)(C)C)cc1-c1ccccc1)c1ccc(N(c4ccccc4)c4ccccc4)cc1B3c1cc3c(cc1N2c1cc(-c2ccccc2)ccc1C)C(C)(C)CC3(C)C. The van der Waals surface area contributed by atoms with E-state index in [0.717, 1.165) is 96.4 Å². The molecular weight excluding hydrogens is 858 g/mol. The van der Waals surface area contributed by atoms with Crippen LogP contribution in [-0.4, -0.2) is 6.71 Å². The first-order chi connectivity index (χ1) is 35.4. The highest BCUT2D eigenvalue weighted by atomic mass is 15.2. The zero-order valence-electron chi connectivity index (χ0n) is 45.2. The van der Waals surface area contributed by atoms with E-state index in [4.69, 9.17) is 0 Å². The van der Waals surface area contributed by atoms with E-state index in [1.807, 2.05) is 12.1 Å². The van der Waals surface area contributed by atoms with Gasteiger partial charge in [0.25, 0.3) is 6.71 Å². The lowest BCUT2D eigenvalue weighted by Crippen LogP contribution is -2.61. The molecule has 0 fully saturated rings. The third kappa shape index (κ3) is 7.41. The van der Waals surface area contributed by atoms with Crippen LogP contribution in [0.25, 0.3) is 22.3 Å². The first-order valence-electron chi connectivity index (χ1n) is 26.8. The van der Waals surface area contributed by atoms with Crippen molar-refractivity contribution in [3.05, 3.63) is 228 Å². The predicted molar refractivity (Wildman–Crippen MR) is 305 cm³/mol. The number of aryl methyl sites for hydroxylation is 2. The molecule has 0 radical (unpaired) electrons. The third-order valence-electron chi connectivity index (χ3n) is 15.6. The lowest BCUT2D eigenvalue weighted by molar-refractivity contribution is 0.403. The summed E-state index contributed by atoms with van der Waals surface area (Å²) >= 11 is 0. The van der Waals surface area contributed by atoms with Crippen LogP contribution in [0.1, 0.15) is 86.8 Å². The maximum atomic E-state index is 9.25. The zero-order chi connectivity index (χ0) is 51.5. The Morgan fingerprint density at radius 2 is 1.03 bits per heavy atom. The van der Waals surface area contributed by atoms with Gasteiger partial charge in [0, 0.05) is 55.2 Å². The number of hydrogen-bond donors (Lipinski definition) is 0. The molecule has 0 saturated carbocycles. The van der Waals surface area contributed by atoms with Gasteiger partial charge in [-0.3, -0.25) is 0 Å². The lowest BCUT2D eigenvalue weighted by atomic mass is 9.33. The van der Waals surface area contributed by atoms with Crippen molar-refractivity contribution in [3.8, 4) is 22.3 Å². The van der Waals surface area contributed by atoms with Crippen LogP contribution in [0.3, 0.4) is 0 Å². The summed E-state index contributed by atoms with van der Waals surface area (Å²) in [5.74, 6) is 0. The van der Waals surface area contributed by atoms with E-state index in [2.05, 4.69) is 258 Å². The quantitative estimate of drug-likeness (QED) is 0.148. The van der Waals surface area contributed by atoms with E-state index >= 15 is 0 Å². The number of para-hydroxylation sites is 2. The van der Waals surface area contributed by atoms with E-state index in [9.17, 15) is 4.11 Å². The molecular formula is C67H62BN3. The average molecular weight is 923 g/mol. The Balaban J connectivity index is 1.24. The average Bonchev–Trinajstić information content (AvgIpc) is 3.61. The van der Waals surface area contributed by atoms with Crippen molar-refractivity contribution in [2.75, 3.05) is 14.7 Å². The van der Waals surface area contributed by atoms with Crippen LogP contribution in [0.2, 0.25) is 0 Å². The summed E-state index contributed by atoms with van der Waals surface area (Å²) in [4.78, 5) is 7.18. The maximum absolute atomic E-state index is 9.25. The van der Waals surface area contributed by atoms with Crippen molar-refractivity contribution in [1.29, 1.82) is 0 Å².